The van der Waals surface area contributed by atoms with E-state index in [0.717, 1.165) is 11.8 Å². The zero-order chi connectivity index (χ0) is 21.7. The Morgan fingerprint density at radius 3 is 2.70 bits per heavy atom. The molecule has 30 heavy (non-hydrogen) atoms. The van der Waals surface area contributed by atoms with Crippen molar-refractivity contribution in [3.63, 3.8) is 0 Å². The molecule has 3 rings (SSSR count). The second-order valence-corrected chi connectivity index (χ2v) is 8.16. The third-order valence-corrected chi connectivity index (χ3v) is 5.56. The van der Waals surface area contributed by atoms with E-state index in [4.69, 9.17) is 9.84 Å². The number of nitrogens with zero attached hydrogens (tertiary/aromatic N) is 2. The lowest BCUT2D eigenvalue weighted by Gasteiger charge is -2.12. The fourth-order valence-corrected chi connectivity index (χ4v) is 3.79. The van der Waals surface area contributed by atoms with Crippen LogP contribution in [-0.2, 0) is 14.8 Å². The summed E-state index contributed by atoms with van der Waals surface area (Å²) >= 11 is 0. The molecule has 10 heteroatoms. The average molecular weight is 433 g/mol. The number of benzene rings is 2. The van der Waals surface area contributed by atoms with Crippen molar-refractivity contribution in [3.8, 4) is 11.4 Å². The highest BCUT2D eigenvalue weighted by Gasteiger charge is 2.17. The number of aliphatic carboxylic acids is 1. The van der Waals surface area contributed by atoms with E-state index in [0.29, 0.717) is 11.4 Å². The molecule has 0 atom stereocenters. The molecule has 2 N–H and O–H groups in total. The molecular weight excluding hydrogens is 413 g/mol. The molecule has 0 saturated heterocycles. The monoisotopic (exact) mass is 433 g/mol. The molecule has 3 aromatic rings. The Bertz CT molecular complexity index is 1160. The summed E-state index contributed by atoms with van der Waals surface area (Å²) in [6.07, 6.45) is 1.75. The number of carboxylic acids is 1. The number of hydrogen-bond acceptors (Lipinski definition) is 5. The molecule has 0 aliphatic rings. The fourth-order valence-electron chi connectivity index (χ4n) is 2.73. The van der Waals surface area contributed by atoms with Crippen molar-refractivity contribution in [2.75, 3.05) is 11.3 Å². The topological polar surface area (TPSA) is 111 Å². The van der Waals surface area contributed by atoms with E-state index >= 15 is 0 Å². The minimum Gasteiger partial charge on any atom is -0.491 e. The first-order valence-electron chi connectivity index (χ1n) is 9.04. The molecule has 0 aliphatic carbocycles. The Labute approximate surface area is 173 Å². The Morgan fingerprint density at radius 1 is 1.23 bits per heavy atom. The van der Waals surface area contributed by atoms with Gasteiger partial charge in [0.15, 0.2) is 11.6 Å². The lowest BCUT2D eigenvalue weighted by atomic mass is 10.3. The average Bonchev–Trinajstić information content (AvgIpc) is 3.12. The van der Waals surface area contributed by atoms with Gasteiger partial charge in [0.1, 0.15) is 0 Å². The van der Waals surface area contributed by atoms with Gasteiger partial charge in [-0.3, -0.25) is 9.52 Å². The molecule has 8 nitrogen and oxygen atoms in total. The van der Waals surface area contributed by atoms with Crippen molar-refractivity contribution < 1.29 is 27.4 Å². The molecule has 0 unspecified atom stereocenters. The van der Waals surface area contributed by atoms with Crippen LogP contribution in [0, 0.1) is 12.7 Å². The van der Waals surface area contributed by atoms with Gasteiger partial charge in [-0.15, -0.1) is 0 Å². The molecule has 1 heterocycles. The standard InChI is InChI=1S/C20H20FN3O5S/c1-14-9-10-22-24(14)16-5-2-4-15(12-16)23-30(27,28)17-7-8-19(18(21)13-17)29-11-3-6-20(25)26/h2,4-5,7-10,12-13,23H,3,6,11H2,1H3,(H,25,26). The summed E-state index contributed by atoms with van der Waals surface area (Å²) in [5.74, 6) is -1.97. The van der Waals surface area contributed by atoms with Crippen LogP contribution in [0.4, 0.5) is 10.1 Å². The van der Waals surface area contributed by atoms with Crippen LogP contribution in [0.25, 0.3) is 5.69 Å². The van der Waals surface area contributed by atoms with Crippen LogP contribution in [0.2, 0.25) is 0 Å². The van der Waals surface area contributed by atoms with Gasteiger partial charge in [0.2, 0.25) is 0 Å². The summed E-state index contributed by atoms with van der Waals surface area (Å²) in [6.45, 7) is 1.88. The zero-order valence-corrected chi connectivity index (χ0v) is 16.9. The highest BCUT2D eigenvalue weighted by Crippen LogP contribution is 2.24. The highest BCUT2D eigenvalue weighted by molar-refractivity contribution is 7.92. The second kappa shape index (κ2) is 8.95. The molecule has 0 spiro atoms. The van der Waals surface area contributed by atoms with Gasteiger partial charge >= 0.3 is 5.97 Å². The van der Waals surface area contributed by atoms with Crippen LogP contribution in [0.3, 0.4) is 0 Å². The van der Waals surface area contributed by atoms with E-state index in [1.165, 1.54) is 12.1 Å². The Balaban J connectivity index is 1.74. The van der Waals surface area contributed by atoms with Crippen LogP contribution in [0.15, 0.2) is 59.6 Å². The van der Waals surface area contributed by atoms with Gasteiger partial charge in [-0.2, -0.15) is 5.10 Å². The molecule has 0 amide bonds. The van der Waals surface area contributed by atoms with Gasteiger partial charge in [0.05, 0.1) is 22.9 Å². The summed E-state index contributed by atoms with van der Waals surface area (Å²) in [7, 11) is -4.04. The van der Waals surface area contributed by atoms with Gasteiger partial charge in [-0.25, -0.2) is 17.5 Å². The first-order valence-corrected chi connectivity index (χ1v) is 10.5. The third kappa shape index (κ3) is 5.15. The molecular formula is C20H20FN3O5S. The molecule has 0 fully saturated rings. The Kier molecular flexibility index (Phi) is 6.36. The summed E-state index contributed by atoms with van der Waals surface area (Å²) in [4.78, 5) is 10.2. The molecule has 1 aromatic heterocycles. The molecule has 0 radical (unpaired) electrons. The third-order valence-electron chi connectivity index (χ3n) is 4.18. The molecule has 2 aromatic carbocycles. The number of aryl methyl sites for hydroxylation is 1. The van der Waals surface area contributed by atoms with E-state index in [2.05, 4.69) is 9.82 Å². The summed E-state index contributed by atoms with van der Waals surface area (Å²) in [6, 6.07) is 11.8. The highest BCUT2D eigenvalue weighted by atomic mass is 32.2. The van der Waals surface area contributed by atoms with Crippen LogP contribution >= 0.6 is 0 Å². The van der Waals surface area contributed by atoms with E-state index < -0.39 is 21.8 Å². The number of carboxylic acid groups (broad SMARTS) is 1. The van der Waals surface area contributed by atoms with Crippen molar-refractivity contribution in [2.45, 2.75) is 24.7 Å². The molecule has 0 saturated carbocycles. The minimum atomic E-state index is -4.04. The Morgan fingerprint density at radius 2 is 2.03 bits per heavy atom. The summed E-state index contributed by atoms with van der Waals surface area (Å²) in [5.41, 5.74) is 1.86. The van der Waals surface area contributed by atoms with Crippen molar-refractivity contribution >= 4 is 21.7 Å². The van der Waals surface area contributed by atoms with Gasteiger partial charge in [-0.05, 0) is 55.8 Å². The smallest absolute Gasteiger partial charge is 0.303 e. The van der Waals surface area contributed by atoms with Crippen LogP contribution in [0.1, 0.15) is 18.5 Å². The SMILES string of the molecule is Cc1ccnn1-c1cccc(NS(=O)(=O)c2ccc(OCCCC(=O)O)c(F)c2)c1. The van der Waals surface area contributed by atoms with Gasteiger partial charge in [0, 0.05) is 18.3 Å². The molecule has 0 aliphatic heterocycles. The number of ether oxygens (including phenoxy) is 1. The first kappa shape index (κ1) is 21.3. The number of anilines is 1. The lowest BCUT2D eigenvalue weighted by Crippen LogP contribution is -2.14. The number of sulfonamides is 1. The maximum Gasteiger partial charge on any atom is 0.303 e. The maximum atomic E-state index is 14.3. The quantitative estimate of drug-likeness (QED) is 0.501. The summed E-state index contributed by atoms with van der Waals surface area (Å²) in [5, 5.41) is 12.8. The number of nitrogens with one attached hydrogen (secondary N) is 1. The zero-order valence-electron chi connectivity index (χ0n) is 16.1. The molecule has 158 valence electrons. The predicted octanol–water partition coefficient (Wildman–Crippen LogP) is 3.36. The number of rotatable bonds is 9. The van der Waals surface area contributed by atoms with Crippen LogP contribution < -0.4 is 9.46 Å². The van der Waals surface area contributed by atoms with Gasteiger partial charge in [-0.1, -0.05) is 6.07 Å². The number of aromatic nitrogens is 2. The predicted molar refractivity (Wildman–Crippen MR) is 108 cm³/mol. The minimum absolute atomic E-state index is 0.00715. The van der Waals surface area contributed by atoms with Crippen molar-refractivity contribution in [2.24, 2.45) is 0 Å². The van der Waals surface area contributed by atoms with Crippen molar-refractivity contribution in [1.82, 2.24) is 9.78 Å². The largest absolute Gasteiger partial charge is 0.491 e. The molecule has 0 bridgehead atoms. The fraction of sp³-hybridized carbons (Fsp3) is 0.200. The number of carbonyl (C=O) groups is 1. The summed E-state index contributed by atoms with van der Waals surface area (Å²) < 4.78 is 48.8. The van der Waals surface area contributed by atoms with E-state index in [1.807, 2.05) is 13.0 Å². The van der Waals surface area contributed by atoms with E-state index in [-0.39, 0.29) is 30.1 Å². The number of halogens is 1. The Hall–Kier alpha value is -3.40. The van der Waals surface area contributed by atoms with Crippen LogP contribution in [0.5, 0.6) is 5.75 Å². The van der Waals surface area contributed by atoms with E-state index in [9.17, 15) is 17.6 Å². The second-order valence-electron chi connectivity index (χ2n) is 6.48. The van der Waals surface area contributed by atoms with Gasteiger partial charge < -0.3 is 9.84 Å². The normalized spacial score (nSPS) is 11.3. The maximum absolute atomic E-state index is 14.3. The van der Waals surface area contributed by atoms with Gasteiger partial charge in [0.25, 0.3) is 10.0 Å². The lowest BCUT2D eigenvalue weighted by molar-refractivity contribution is -0.137. The van der Waals surface area contributed by atoms with Crippen molar-refractivity contribution in [1.29, 1.82) is 0 Å². The van der Waals surface area contributed by atoms with Crippen molar-refractivity contribution in [3.05, 3.63) is 66.2 Å². The van der Waals surface area contributed by atoms with Crippen LogP contribution in [-0.4, -0.2) is 35.9 Å². The van der Waals surface area contributed by atoms with E-state index in [1.54, 1.807) is 35.1 Å². The first-order chi connectivity index (χ1) is 14.3. The number of hydrogen-bond donors (Lipinski definition) is 2.